The third kappa shape index (κ3) is 5.85. The third-order valence-electron chi connectivity index (χ3n) is 3.57. The lowest BCUT2D eigenvalue weighted by atomic mass is 10.0. The number of primary amides is 1. The van der Waals surface area contributed by atoms with Gasteiger partial charge in [-0.05, 0) is 55.0 Å². The molecule has 25 heavy (non-hydrogen) atoms. The summed E-state index contributed by atoms with van der Waals surface area (Å²) in [4.78, 5) is 23.2. The maximum Gasteiger partial charge on any atom is 0.251 e. The number of carbonyl (C=O) groups excluding carboxylic acids is 2. The summed E-state index contributed by atoms with van der Waals surface area (Å²) in [6.45, 7) is 7.38. The Kier molecular flexibility index (Phi) is 6.11. The summed E-state index contributed by atoms with van der Waals surface area (Å²) in [5.74, 6) is -0.563. The Bertz CT molecular complexity index is 735. The predicted octanol–water partition coefficient (Wildman–Crippen LogP) is 3.03. The monoisotopic (exact) mass is 356 g/mol. The molecular formula is C19H24N2O3Si. The van der Waals surface area contributed by atoms with Crippen LogP contribution in [0.5, 0.6) is 0 Å². The number of rotatable bonds is 7. The van der Waals surface area contributed by atoms with Crippen molar-refractivity contribution in [2.45, 2.75) is 19.6 Å². The van der Waals surface area contributed by atoms with Crippen molar-refractivity contribution in [3.63, 3.8) is 0 Å². The maximum absolute atomic E-state index is 12.1. The minimum absolute atomic E-state index is 0.116. The first-order valence-corrected chi connectivity index (χ1v) is 11.6. The molecule has 0 bridgehead atoms. The van der Waals surface area contributed by atoms with E-state index in [9.17, 15) is 9.59 Å². The van der Waals surface area contributed by atoms with Gasteiger partial charge in [0.1, 0.15) is 0 Å². The lowest BCUT2D eigenvalue weighted by molar-refractivity contribution is 0.0945. The van der Waals surface area contributed by atoms with Crippen LogP contribution in [0.3, 0.4) is 0 Å². The summed E-state index contributed by atoms with van der Waals surface area (Å²) in [6, 6.07) is 14.4. The van der Waals surface area contributed by atoms with Crippen LogP contribution in [0.2, 0.25) is 19.6 Å². The quantitative estimate of drug-likeness (QED) is 0.591. The molecule has 0 unspecified atom stereocenters. The second-order valence-electron chi connectivity index (χ2n) is 6.74. The summed E-state index contributed by atoms with van der Waals surface area (Å²) < 4.78 is 5.71. The van der Waals surface area contributed by atoms with E-state index in [-0.39, 0.29) is 5.91 Å². The summed E-state index contributed by atoms with van der Waals surface area (Å²) in [6.07, 6.45) is 0. The molecular weight excluding hydrogens is 332 g/mol. The molecule has 0 saturated carbocycles. The van der Waals surface area contributed by atoms with Crippen LogP contribution in [0.15, 0.2) is 48.5 Å². The largest absolute Gasteiger partial charge is 0.416 e. The van der Waals surface area contributed by atoms with Crippen LogP contribution < -0.4 is 11.1 Å². The van der Waals surface area contributed by atoms with Gasteiger partial charge in [-0.2, -0.15) is 0 Å². The first-order chi connectivity index (χ1) is 11.8. The molecule has 3 N–H and O–H groups in total. The lowest BCUT2D eigenvalue weighted by Gasteiger charge is -2.17. The number of amides is 2. The molecule has 0 aliphatic rings. The smallest absolute Gasteiger partial charge is 0.251 e. The van der Waals surface area contributed by atoms with Crippen LogP contribution in [0, 0.1) is 0 Å². The van der Waals surface area contributed by atoms with Gasteiger partial charge in [0.15, 0.2) is 8.32 Å². The Labute approximate surface area is 149 Å². The molecule has 2 rings (SSSR count). The number of benzene rings is 2. The molecule has 6 heteroatoms. The summed E-state index contributed by atoms with van der Waals surface area (Å²) >= 11 is 0. The normalized spacial score (nSPS) is 11.2. The number of nitrogens with two attached hydrogens (primary N) is 1. The average Bonchev–Trinajstić information content (AvgIpc) is 2.58. The van der Waals surface area contributed by atoms with Crippen LogP contribution in [0.4, 0.5) is 0 Å². The summed E-state index contributed by atoms with van der Waals surface area (Å²) in [7, 11) is -1.54. The molecule has 0 heterocycles. The van der Waals surface area contributed by atoms with Crippen LogP contribution in [0.1, 0.15) is 20.7 Å². The third-order valence-corrected chi connectivity index (χ3v) is 4.64. The molecule has 0 spiro atoms. The Morgan fingerprint density at radius 1 is 0.920 bits per heavy atom. The van der Waals surface area contributed by atoms with Crippen LogP contribution in [-0.4, -0.2) is 33.3 Å². The number of nitrogens with one attached hydrogen (secondary N) is 1. The molecule has 0 fully saturated rings. The molecule has 0 radical (unpaired) electrons. The fourth-order valence-electron chi connectivity index (χ4n) is 2.26. The molecule has 2 amide bonds. The number of hydrogen-bond acceptors (Lipinski definition) is 3. The van der Waals surface area contributed by atoms with Crippen molar-refractivity contribution in [1.29, 1.82) is 0 Å². The minimum Gasteiger partial charge on any atom is -0.416 e. The van der Waals surface area contributed by atoms with Gasteiger partial charge in [-0.3, -0.25) is 9.59 Å². The molecule has 2 aromatic rings. The van der Waals surface area contributed by atoms with Crippen molar-refractivity contribution in [2.75, 3.05) is 13.2 Å². The van der Waals surface area contributed by atoms with Gasteiger partial charge in [0, 0.05) is 17.7 Å². The Morgan fingerprint density at radius 2 is 1.40 bits per heavy atom. The number of hydrogen-bond donors (Lipinski definition) is 2. The van der Waals surface area contributed by atoms with Gasteiger partial charge in [-0.15, -0.1) is 0 Å². The molecule has 0 aliphatic carbocycles. The maximum atomic E-state index is 12.1. The van der Waals surface area contributed by atoms with E-state index in [1.807, 2.05) is 24.3 Å². The highest BCUT2D eigenvalue weighted by molar-refractivity contribution is 6.69. The molecule has 0 atom stereocenters. The van der Waals surface area contributed by atoms with Crippen molar-refractivity contribution in [3.8, 4) is 11.1 Å². The Balaban J connectivity index is 1.94. The standard InChI is InChI=1S/C19H24N2O3Si/c1-25(2,3)24-13-12-21-19(23)17-10-6-15(7-11-17)14-4-8-16(9-5-14)18(20)22/h4-11H,12-13H2,1-3H3,(H2,20,22)(H,21,23). The molecule has 2 aromatic carbocycles. The molecule has 0 aliphatic heterocycles. The molecule has 0 aromatic heterocycles. The minimum atomic E-state index is -1.54. The fourth-order valence-corrected chi connectivity index (χ4v) is 2.98. The van der Waals surface area contributed by atoms with Gasteiger partial charge in [0.05, 0.1) is 6.61 Å². The van der Waals surface area contributed by atoms with E-state index in [0.717, 1.165) is 11.1 Å². The second-order valence-corrected chi connectivity index (χ2v) is 11.2. The van der Waals surface area contributed by atoms with Gasteiger partial charge in [0.25, 0.3) is 5.91 Å². The molecule has 5 nitrogen and oxygen atoms in total. The van der Waals surface area contributed by atoms with E-state index in [1.54, 1.807) is 24.3 Å². The van der Waals surface area contributed by atoms with Crippen molar-refractivity contribution in [1.82, 2.24) is 5.32 Å². The van der Waals surface area contributed by atoms with Crippen molar-refractivity contribution < 1.29 is 14.0 Å². The van der Waals surface area contributed by atoms with Gasteiger partial charge in [-0.1, -0.05) is 24.3 Å². The van der Waals surface area contributed by atoms with Crippen LogP contribution in [0.25, 0.3) is 11.1 Å². The van der Waals surface area contributed by atoms with Crippen molar-refractivity contribution in [3.05, 3.63) is 59.7 Å². The van der Waals surface area contributed by atoms with E-state index in [1.165, 1.54) is 0 Å². The summed E-state index contributed by atoms with van der Waals surface area (Å²) in [5, 5.41) is 2.86. The van der Waals surface area contributed by atoms with Crippen LogP contribution in [-0.2, 0) is 4.43 Å². The Morgan fingerprint density at radius 3 is 1.84 bits per heavy atom. The predicted molar refractivity (Wildman–Crippen MR) is 102 cm³/mol. The van der Waals surface area contributed by atoms with Gasteiger partial charge in [-0.25, -0.2) is 0 Å². The van der Waals surface area contributed by atoms with E-state index in [4.69, 9.17) is 10.2 Å². The van der Waals surface area contributed by atoms with E-state index >= 15 is 0 Å². The van der Waals surface area contributed by atoms with E-state index < -0.39 is 14.2 Å². The highest BCUT2D eigenvalue weighted by atomic mass is 28.4. The fraction of sp³-hybridized carbons (Fsp3) is 0.263. The number of carbonyl (C=O) groups is 2. The van der Waals surface area contributed by atoms with E-state index in [2.05, 4.69) is 25.0 Å². The van der Waals surface area contributed by atoms with Crippen molar-refractivity contribution in [2.24, 2.45) is 5.73 Å². The Hall–Kier alpha value is -2.44. The topological polar surface area (TPSA) is 81.4 Å². The zero-order valence-corrected chi connectivity index (χ0v) is 15.8. The average molecular weight is 356 g/mol. The first kappa shape index (κ1) is 18.9. The van der Waals surface area contributed by atoms with Crippen molar-refractivity contribution >= 4 is 20.1 Å². The zero-order chi connectivity index (χ0) is 18.4. The second kappa shape index (κ2) is 8.09. The highest BCUT2D eigenvalue weighted by Crippen LogP contribution is 2.20. The van der Waals surface area contributed by atoms with Gasteiger partial charge < -0.3 is 15.5 Å². The zero-order valence-electron chi connectivity index (χ0n) is 14.8. The summed E-state index contributed by atoms with van der Waals surface area (Å²) in [5.41, 5.74) is 8.24. The van der Waals surface area contributed by atoms with Gasteiger partial charge in [0.2, 0.25) is 5.91 Å². The molecule has 0 saturated heterocycles. The first-order valence-electron chi connectivity index (χ1n) is 8.19. The van der Waals surface area contributed by atoms with Gasteiger partial charge >= 0.3 is 0 Å². The molecule has 132 valence electrons. The SMILES string of the molecule is C[Si](C)(C)OCCNC(=O)c1ccc(-c2ccc(C(N)=O)cc2)cc1. The van der Waals surface area contributed by atoms with Crippen LogP contribution >= 0.6 is 0 Å². The highest BCUT2D eigenvalue weighted by Gasteiger charge is 2.13. The van der Waals surface area contributed by atoms with E-state index in [0.29, 0.717) is 24.3 Å². The lowest BCUT2D eigenvalue weighted by Crippen LogP contribution is -2.32.